The number of thioether (sulfide) groups is 1. The highest BCUT2D eigenvalue weighted by Crippen LogP contribution is 2.21. The molecule has 1 heterocycles. The number of methoxy groups -OCH3 is 1. The summed E-state index contributed by atoms with van der Waals surface area (Å²) in [7, 11) is 1.74. The van der Waals surface area contributed by atoms with Crippen molar-refractivity contribution >= 4 is 17.8 Å². The molecular formula is C12H22N2O2S. The van der Waals surface area contributed by atoms with Gasteiger partial charge in [-0.2, -0.15) is 11.8 Å². The smallest absolute Gasteiger partial charge is 0.317 e. The van der Waals surface area contributed by atoms with E-state index in [0.29, 0.717) is 0 Å². The van der Waals surface area contributed by atoms with E-state index in [-0.39, 0.29) is 18.2 Å². The van der Waals surface area contributed by atoms with Crippen LogP contribution in [0.2, 0.25) is 0 Å². The molecule has 0 bridgehead atoms. The summed E-state index contributed by atoms with van der Waals surface area (Å²) < 4.78 is 5.45. The lowest BCUT2D eigenvalue weighted by atomic mass is 9.92. The molecule has 1 saturated heterocycles. The highest BCUT2D eigenvalue weighted by atomic mass is 32.2. The summed E-state index contributed by atoms with van der Waals surface area (Å²) in [6, 6.07) is 0.301. The molecule has 1 saturated carbocycles. The zero-order chi connectivity index (χ0) is 12.1. The maximum Gasteiger partial charge on any atom is 0.317 e. The van der Waals surface area contributed by atoms with Gasteiger partial charge in [0.1, 0.15) is 0 Å². The van der Waals surface area contributed by atoms with Gasteiger partial charge < -0.3 is 15.0 Å². The van der Waals surface area contributed by atoms with E-state index in [0.717, 1.165) is 37.4 Å². The Labute approximate surface area is 107 Å². The van der Waals surface area contributed by atoms with Crippen LogP contribution >= 0.6 is 11.8 Å². The molecule has 1 N–H and O–H groups in total. The molecule has 2 amide bonds. The fourth-order valence-electron chi connectivity index (χ4n) is 2.56. The molecule has 0 aromatic heterocycles. The first-order valence-electron chi connectivity index (χ1n) is 6.47. The van der Waals surface area contributed by atoms with Crippen LogP contribution in [-0.2, 0) is 4.74 Å². The summed E-state index contributed by atoms with van der Waals surface area (Å²) in [4.78, 5) is 14.0. The fraction of sp³-hybridized carbons (Fsp3) is 0.917. The Kier molecular flexibility index (Phi) is 4.98. The van der Waals surface area contributed by atoms with Crippen molar-refractivity contribution in [3.05, 3.63) is 0 Å². The number of urea groups is 1. The van der Waals surface area contributed by atoms with Crippen LogP contribution in [0.15, 0.2) is 0 Å². The van der Waals surface area contributed by atoms with Gasteiger partial charge in [-0.05, 0) is 12.8 Å². The van der Waals surface area contributed by atoms with Crippen molar-refractivity contribution in [2.75, 3.05) is 31.7 Å². The number of ether oxygens (including phenoxy) is 1. The predicted molar refractivity (Wildman–Crippen MR) is 70.5 cm³/mol. The Hall–Kier alpha value is -0.420. The molecule has 0 radical (unpaired) electrons. The number of carbonyl (C=O) groups is 1. The Morgan fingerprint density at radius 2 is 2.00 bits per heavy atom. The standard InChI is InChI=1S/C12H22N2O2S/c1-16-11-5-3-2-4-10(11)13-12(15)14-6-8-17-9-7-14/h10-11H,2-9H2,1H3,(H,13,15)/t10-,11-/m0/s1. The lowest BCUT2D eigenvalue weighted by Crippen LogP contribution is -2.52. The molecule has 1 aliphatic carbocycles. The second-order valence-electron chi connectivity index (χ2n) is 4.71. The third-order valence-corrected chi connectivity index (χ3v) is 4.55. The molecule has 98 valence electrons. The van der Waals surface area contributed by atoms with Gasteiger partial charge in [0.05, 0.1) is 12.1 Å². The van der Waals surface area contributed by atoms with Gasteiger partial charge in [-0.1, -0.05) is 12.8 Å². The Morgan fingerprint density at radius 3 is 2.71 bits per heavy atom. The topological polar surface area (TPSA) is 41.6 Å². The highest BCUT2D eigenvalue weighted by Gasteiger charge is 2.28. The van der Waals surface area contributed by atoms with Crippen molar-refractivity contribution in [1.82, 2.24) is 10.2 Å². The minimum absolute atomic E-state index is 0.0965. The Morgan fingerprint density at radius 1 is 1.29 bits per heavy atom. The lowest BCUT2D eigenvalue weighted by Gasteiger charge is -2.34. The molecule has 0 aromatic carbocycles. The SMILES string of the molecule is CO[C@H]1CCCC[C@@H]1NC(=O)N1CCSCC1. The molecule has 2 aliphatic rings. The van der Waals surface area contributed by atoms with Crippen LogP contribution in [0.1, 0.15) is 25.7 Å². The van der Waals surface area contributed by atoms with Crippen molar-refractivity contribution in [3.63, 3.8) is 0 Å². The lowest BCUT2D eigenvalue weighted by molar-refractivity contribution is 0.0432. The summed E-state index contributed by atoms with van der Waals surface area (Å²) in [5.74, 6) is 2.12. The molecule has 0 spiro atoms. The van der Waals surface area contributed by atoms with Gasteiger partial charge in [0.2, 0.25) is 0 Å². The molecule has 0 unspecified atom stereocenters. The second kappa shape index (κ2) is 6.50. The van der Waals surface area contributed by atoms with E-state index in [9.17, 15) is 4.79 Å². The number of amides is 2. The van der Waals surface area contributed by atoms with Crippen LogP contribution in [-0.4, -0.2) is 54.8 Å². The fourth-order valence-corrected chi connectivity index (χ4v) is 3.46. The van der Waals surface area contributed by atoms with E-state index >= 15 is 0 Å². The third-order valence-electron chi connectivity index (χ3n) is 3.61. The van der Waals surface area contributed by atoms with Crippen LogP contribution < -0.4 is 5.32 Å². The number of carbonyl (C=O) groups excluding carboxylic acids is 1. The van der Waals surface area contributed by atoms with Crippen molar-refractivity contribution < 1.29 is 9.53 Å². The quantitative estimate of drug-likeness (QED) is 0.819. The van der Waals surface area contributed by atoms with E-state index in [2.05, 4.69) is 5.32 Å². The summed E-state index contributed by atoms with van der Waals surface area (Å²) in [5.41, 5.74) is 0. The highest BCUT2D eigenvalue weighted by molar-refractivity contribution is 7.99. The minimum atomic E-state index is 0.0965. The Bertz CT molecular complexity index is 257. The minimum Gasteiger partial charge on any atom is -0.379 e. The van der Waals surface area contributed by atoms with Gasteiger partial charge in [-0.15, -0.1) is 0 Å². The second-order valence-corrected chi connectivity index (χ2v) is 5.94. The van der Waals surface area contributed by atoms with Crippen LogP contribution in [0.4, 0.5) is 4.79 Å². The van der Waals surface area contributed by atoms with Gasteiger partial charge in [0, 0.05) is 31.7 Å². The van der Waals surface area contributed by atoms with E-state index in [1.165, 1.54) is 12.8 Å². The zero-order valence-corrected chi connectivity index (χ0v) is 11.3. The maximum absolute atomic E-state index is 12.1. The molecule has 1 aliphatic heterocycles. The normalized spacial score (nSPS) is 30.1. The monoisotopic (exact) mass is 258 g/mol. The third kappa shape index (κ3) is 3.52. The molecule has 0 aromatic rings. The summed E-state index contributed by atoms with van der Waals surface area (Å²) in [5, 5.41) is 3.14. The van der Waals surface area contributed by atoms with Gasteiger partial charge in [0.15, 0.2) is 0 Å². The van der Waals surface area contributed by atoms with E-state index in [4.69, 9.17) is 4.74 Å². The summed E-state index contributed by atoms with van der Waals surface area (Å²) >= 11 is 1.92. The average Bonchev–Trinajstić information content (AvgIpc) is 2.40. The first-order valence-corrected chi connectivity index (χ1v) is 7.62. The molecular weight excluding hydrogens is 236 g/mol. The molecule has 2 rings (SSSR count). The Balaban J connectivity index is 1.83. The van der Waals surface area contributed by atoms with Crippen LogP contribution in [0.3, 0.4) is 0 Å². The summed E-state index contributed by atoms with van der Waals surface area (Å²) in [6.07, 6.45) is 4.72. The van der Waals surface area contributed by atoms with E-state index in [1.54, 1.807) is 7.11 Å². The van der Waals surface area contributed by atoms with E-state index in [1.807, 2.05) is 16.7 Å². The number of rotatable bonds is 2. The first kappa shape index (κ1) is 13.0. The summed E-state index contributed by atoms with van der Waals surface area (Å²) in [6.45, 7) is 1.75. The molecule has 4 nitrogen and oxygen atoms in total. The van der Waals surface area contributed by atoms with Crippen molar-refractivity contribution in [3.8, 4) is 0 Å². The number of hydrogen-bond donors (Lipinski definition) is 1. The number of hydrogen-bond acceptors (Lipinski definition) is 3. The largest absolute Gasteiger partial charge is 0.379 e. The maximum atomic E-state index is 12.1. The predicted octanol–water partition coefficient (Wildman–Crippen LogP) is 1.70. The van der Waals surface area contributed by atoms with Gasteiger partial charge in [0.25, 0.3) is 0 Å². The van der Waals surface area contributed by atoms with Gasteiger partial charge in [-0.3, -0.25) is 0 Å². The van der Waals surface area contributed by atoms with Crippen molar-refractivity contribution in [1.29, 1.82) is 0 Å². The number of nitrogens with zero attached hydrogens (tertiary/aromatic N) is 1. The zero-order valence-electron chi connectivity index (χ0n) is 10.5. The van der Waals surface area contributed by atoms with Crippen molar-refractivity contribution in [2.24, 2.45) is 0 Å². The van der Waals surface area contributed by atoms with E-state index < -0.39 is 0 Å². The molecule has 2 fully saturated rings. The molecule has 5 heteroatoms. The van der Waals surface area contributed by atoms with Crippen LogP contribution in [0.5, 0.6) is 0 Å². The van der Waals surface area contributed by atoms with Gasteiger partial charge in [-0.25, -0.2) is 4.79 Å². The van der Waals surface area contributed by atoms with Gasteiger partial charge >= 0.3 is 6.03 Å². The van der Waals surface area contributed by atoms with Crippen LogP contribution in [0, 0.1) is 0 Å². The van der Waals surface area contributed by atoms with Crippen LogP contribution in [0.25, 0.3) is 0 Å². The number of nitrogens with one attached hydrogen (secondary N) is 1. The first-order chi connectivity index (χ1) is 8.31. The van der Waals surface area contributed by atoms with Crippen molar-refractivity contribution in [2.45, 2.75) is 37.8 Å². The molecule has 2 atom stereocenters. The average molecular weight is 258 g/mol. The molecule has 17 heavy (non-hydrogen) atoms.